The van der Waals surface area contributed by atoms with Gasteiger partial charge in [0, 0.05) is 35.7 Å². The predicted octanol–water partition coefficient (Wildman–Crippen LogP) is 9.06. The van der Waals surface area contributed by atoms with Crippen molar-refractivity contribution in [3.63, 3.8) is 0 Å². The Labute approximate surface area is 307 Å². The molecule has 0 bridgehead atoms. The van der Waals surface area contributed by atoms with E-state index in [2.05, 4.69) is 62.4 Å². The van der Waals surface area contributed by atoms with Crippen LogP contribution in [0.4, 0.5) is 0 Å². The number of ether oxygens (including phenoxy) is 3. The molecule has 0 radical (unpaired) electrons. The molecule has 2 heterocycles. The van der Waals surface area contributed by atoms with Crippen molar-refractivity contribution in [3.8, 4) is 11.5 Å². The summed E-state index contributed by atoms with van der Waals surface area (Å²) in [6.45, 7) is 20.1. The quantitative estimate of drug-likeness (QED) is 0.0596. The number of halogens is 1. The molecule has 0 spiro atoms. The maximum atomic E-state index is 12.4. The lowest BCUT2D eigenvalue weighted by atomic mass is 9.89. The summed E-state index contributed by atoms with van der Waals surface area (Å²) in [6, 6.07) is 1.07. The van der Waals surface area contributed by atoms with Gasteiger partial charge in [0.2, 0.25) is 0 Å². The summed E-state index contributed by atoms with van der Waals surface area (Å²) in [5.74, 6) is -0.0800. The Morgan fingerprint density at radius 3 is 1.84 bits per heavy atom. The number of alkyl halides is 1. The van der Waals surface area contributed by atoms with Gasteiger partial charge >= 0.3 is 19.5 Å². The van der Waals surface area contributed by atoms with Gasteiger partial charge in [-0.15, -0.1) is 0 Å². The highest BCUT2D eigenvalue weighted by atomic mass is 79.9. The monoisotopic (exact) mass is 794 g/mol. The molecule has 0 fully saturated rings. The molecule has 2 aromatic carbocycles. The molecule has 2 aromatic rings. The van der Waals surface area contributed by atoms with Gasteiger partial charge in [0.1, 0.15) is 35.8 Å². The summed E-state index contributed by atoms with van der Waals surface area (Å²) < 4.78 is 27.7. The number of carbonyl (C=O) groups is 2. The predicted molar refractivity (Wildman–Crippen MR) is 207 cm³/mol. The second-order valence-corrected chi connectivity index (χ2v) is 21.9. The lowest BCUT2D eigenvalue weighted by molar-refractivity contribution is 0.0523. The molecule has 0 saturated heterocycles. The van der Waals surface area contributed by atoms with Gasteiger partial charge in [-0.3, -0.25) is 4.57 Å². The molecule has 2 aliphatic rings. The minimum atomic E-state index is -4.11. The molecule has 0 aliphatic carbocycles. The standard InChI is InChI=1S/C21H31BrO3Si.C16H21O6P.CH4/c1-7-16-15(3)18-13-25-21(23)19(18)20(24-10-11-26(4,5)6)17(16)9-8-14(2)12-22;1-4-11-10(3)13-7-22-16(18)14(13)15(17)12(11)6-5-9(2)8-23(19,20)21;/h8H,7,9-13H2,1-6H3;5,17H,4,6-8H2,1-3H3,(H2,19,20,21);1H4/b14-8+;9-5+;. The number of phenols is 1. The van der Waals surface area contributed by atoms with E-state index < -0.39 is 21.6 Å². The van der Waals surface area contributed by atoms with E-state index in [9.17, 15) is 19.3 Å². The normalized spacial score (nSPS) is 14.3. The number of hydrogen-bond acceptors (Lipinski definition) is 7. The number of fused-ring (bicyclic) bond motifs is 2. The van der Waals surface area contributed by atoms with Crippen molar-refractivity contribution in [2.24, 2.45) is 0 Å². The zero-order valence-corrected chi connectivity index (χ0v) is 33.8. The van der Waals surface area contributed by atoms with Crippen molar-refractivity contribution in [1.29, 1.82) is 0 Å². The number of rotatable bonds is 13. The Bertz CT molecular complexity index is 1700. The second kappa shape index (κ2) is 18.2. The van der Waals surface area contributed by atoms with Crippen molar-refractivity contribution < 1.29 is 43.3 Å². The summed E-state index contributed by atoms with van der Waals surface area (Å²) in [6.07, 6.45) is 6.28. The molecule has 2 aliphatic heterocycles. The van der Waals surface area contributed by atoms with Gasteiger partial charge in [0.15, 0.2) is 0 Å². The molecule has 0 unspecified atom stereocenters. The molecule has 0 aromatic heterocycles. The van der Waals surface area contributed by atoms with Crippen LogP contribution in [-0.2, 0) is 52.9 Å². The first-order chi connectivity index (χ1) is 22.8. The summed E-state index contributed by atoms with van der Waals surface area (Å²) in [7, 11) is -5.32. The van der Waals surface area contributed by atoms with E-state index in [1.54, 1.807) is 13.0 Å². The van der Waals surface area contributed by atoms with Crippen LogP contribution in [0.25, 0.3) is 0 Å². The molecule has 4 rings (SSSR count). The maximum Gasteiger partial charge on any atom is 0.342 e. The third kappa shape index (κ3) is 10.7. The van der Waals surface area contributed by atoms with Gasteiger partial charge in [-0.2, -0.15) is 0 Å². The van der Waals surface area contributed by atoms with Gasteiger partial charge in [-0.05, 0) is 81.7 Å². The number of benzene rings is 2. The number of cyclic esters (lactones) is 2. The number of carbonyl (C=O) groups excluding carboxylic acids is 2. The molecule has 0 atom stereocenters. The number of phenolic OH excluding ortho intramolecular Hbond substituents is 1. The van der Waals surface area contributed by atoms with Crippen LogP contribution in [0.5, 0.6) is 11.5 Å². The van der Waals surface area contributed by atoms with Crippen molar-refractivity contribution in [2.45, 2.75) is 114 Å². The minimum Gasteiger partial charge on any atom is -0.507 e. The molecular formula is C38H56BrO9PSi. The highest BCUT2D eigenvalue weighted by molar-refractivity contribution is 9.09. The van der Waals surface area contributed by atoms with E-state index in [0.29, 0.717) is 42.8 Å². The van der Waals surface area contributed by atoms with Gasteiger partial charge in [-0.25, -0.2) is 9.59 Å². The highest BCUT2D eigenvalue weighted by Crippen LogP contribution is 2.41. The fourth-order valence-electron chi connectivity index (χ4n) is 6.28. The average Bonchev–Trinajstić information content (AvgIpc) is 3.60. The number of aromatic hydroxyl groups is 1. The van der Waals surface area contributed by atoms with Crippen molar-refractivity contribution in [3.05, 3.63) is 78.9 Å². The molecule has 9 nitrogen and oxygen atoms in total. The van der Waals surface area contributed by atoms with Crippen LogP contribution in [-0.4, -0.2) is 53.0 Å². The minimum absolute atomic E-state index is 0. The van der Waals surface area contributed by atoms with Gasteiger partial charge < -0.3 is 29.1 Å². The maximum absolute atomic E-state index is 12.4. The second-order valence-electron chi connectivity index (χ2n) is 14.0. The van der Waals surface area contributed by atoms with Gasteiger partial charge in [0.25, 0.3) is 0 Å². The first kappa shape index (κ1) is 43.5. The summed E-state index contributed by atoms with van der Waals surface area (Å²) in [5.41, 5.74) is 10.6. The summed E-state index contributed by atoms with van der Waals surface area (Å²) >= 11 is 3.51. The largest absolute Gasteiger partial charge is 0.507 e. The van der Waals surface area contributed by atoms with E-state index in [4.69, 9.17) is 24.0 Å². The molecule has 0 amide bonds. The zero-order valence-electron chi connectivity index (χ0n) is 30.3. The van der Waals surface area contributed by atoms with Crippen molar-refractivity contribution in [1.82, 2.24) is 0 Å². The fourth-order valence-corrected chi connectivity index (χ4v) is 8.00. The van der Waals surface area contributed by atoms with Crippen molar-refractivity contribution >= 4 is 43.5 Å². The van der Waals surface area contributed by atoms with Crippen LogP contribution in [0.3, 0.4) is 0 Å². The van der Waals surface area contributed by atoms with Crippen molar-refractivity contribution in [2.75, 3.05) is 18.1 Å². The summed E-state index contributed by atoms with van der Waals surface area (Å²) in [4.78, 5) is 42.3. The first-order valence-corrected chi connectivity index (χ1v) is 23.4. The van der Waals surface area contributed by atoms with Crippen LogP contribution >= 0.6 is 23.5 Å². The van der Waals surface area contributed by atoms with Crippen LogP contribution in [0.1, 0.15) is 100 Å². The lowest BCUT2D eigenvalue weighted by Gasteiger charge is -2.22. The molecule has 278 valence electrons. The number of hydrogen-bond donors (Lipinski definition) is 3. The van der Waals surface area contributed by atoms with E-state index in [-0.39, 0.29) is 37.5 Å². The van der Waals surface area contributed by atoms with Crippen LogP contribution in [0.15, 0.2) is 23.3 Å². The van der Waals surface area contributed by atoms with Crippen LogP contribution < -0.4 is 4.74 Å². The van der Waals surface area contributed by atoms with Crippen LogP contribution in [0.2, 0.25) is 25.7 Å². The first-order valence-electron chi connectivity index (χ1n) is 16.8. The zero-order chi connectivity index (χ0) is 36.8. The van der Waals surface area contributed by atoms with E-state index in [1.165, 1.54) is 16.7 Å². The molecule has 3 N–H and O–H groups in total. The highest BCUT2D eigenvalue weighted by Gasteiger charge is 2.33. The van der Waals surface area contributed by atoms with E-state index in [1.807, 2.05) is 13.8 Å². The Kier molecular flexibility index (Phi) is 15.8. The van der Waals surface area contributed by atoms with E-state index in [0.717, 1.165) is 57.8 Å². The Morgan fingerprint density at radius 1 is 0.860 bits per heavy atom. The Balaban J connectivity index is 0.000000342. The van der Waals surface area contributed by atoms with Gasteiger partial charge in [-0.1, -0.05) is 80.1 Å². The average molecular weight is 796 g/mol. The lowest BCUT2D eigenvalue weighted by Crippen LogP contribution is -2.23. The Hall–Kier alpha value is -2.69. The summed E-state index contributed by atoms with van der Waals surface area (Å²) in [5, 5.41) is 11.3. The molecule has 50 heavy (non-hydrogen) atoms. The smallest absolute Gasteiger partial charge is 0.342 e. The SMILES string of the molecule is C.CCc1c(C)c2c(c(O)c1C/C=C(\C)CP(=O)(O)O)C(=O)OC2.CCc1c(C)c2c(c(OCC[Si](C)(C)C)c1C/C=C(\C)CBr)C(=O)OC2. The molecule has 0 saturated carbocycles. The van der Waals surface area contributed by atoms with Gasteiger partial charge in [0.05, 0.1) is 12.8 Å². The molecule has 12 heteroatoms. The Morgan fingerprint density at radius 2 is 1.34 bits per heavy atom. The number of esters is 2. The van der Waals surface area contributed by atoms with Crippen LogP contribution in [0, 0.1) is 13.8 Å². The fraction of sp³-hybridized carbons (Fsp3) is 0.526. The third-order valence-electron chi connectivity index (χ3n) is 9.05. The van der Waals surface area contributed by atoms with E-state index >= 15 is 0 Å². The number of allylic oxidation sites excluding steroid dienone is 4. The molecular weight excluding hydrogens is 739 g/mol. The topological polar surface area (TPSA) is 140 Å². The third-order valence-corrected chi connectivity index (χ3v) is 12.6.